The lowest BCUT2D eigenvalue weighted by atomic mass is 10.1. The Morgan fingerprint density at radius 2 is 1.92 bits per heavy atom. The summed E-state index contributed by atoms with van der Waals surface area (Å²) in [6.45, 7) is 2.01. The van der Waals surface area contributed by atoms with Gasteiger partial charge in [-0.15, -0.1) is 0 Å². The average molecular weight is 335 g/mol. The van der Waals surface area contributed by atoms with Gasteiger partial charge in [-0.25, -0.2) is 4.79 Å². The second-order valence-electron chi connectivity index (χ2n) is 5.42. The van der Waals surface area contributed by atoms with Crippen LogP contribution in [-0.4, -0.2) is 62.7 Å². The first-order valence-electron chi connectivity index (χ1n) is 7.52. The molecule has 0 radical (unpaired) electrons. The van der Waals surface area contributed by atoms with Crippen LogP contribution < -0.4 is 15.0 Å². The molecule has 0 unspecified atom stereocenters. The van der Waals surface area contributed by atoms with Crippen LogP contribution in [0.25, 0.3) is 0 Å². The fraction of sp³-hybridized carbons (Fsp3) is 0.438. The minimum atomic E-state index is -0.681. The summed E-state index contributed by atoms with van der Waals surface area (Å²) in [5.74, 6) is 0.210. The number of carbonyl (C=O) groups excluding carboxylic acids is 3. The molecule has 130 valence electrons. The third kappa shape index (κ3) is 3.95. The number of amides is 3. The number of hydrogen-bond acceptors (Lipinski definition) is 5. The lowest BCUT2D eigenvalue weighted by molar-refractivity contribution is -0.138. The van der Waals surface area contributed by atoms with E-state index in [1.54, 1.807) is 36.3 Å². The van der Waals surface area contributed by atoms with Crippen LogP contribution in [-0.2, 0) is 14.3 Å². The van der Waals surface area contributed by atoms with E-state index in [9.17, 15) is 14.4 Å². The molecule has 0 spiro atoms. The summed E-state index contributed by atoms with van der Waals surface area (Å²) < 4.78 is 9.53. The Bertz CT molecular complexity index is 617. The van der Waals surface area contributed by atoms with Crippen molar-refractivity contribution < 1.29 is 23.9 Å². The van der Waals surface area contributed by atoms with Crippen molar-refractivity contribution in [3.63, 3.8) is 0 Å². The van der Waals surface area contributed by atoms with Gasteiger partial charge in [-0.3, -0.25) is 9.59 Å². The minimum Gasteiger partial charge on any atom is -0.497 e. The van der Waals surface area contributed by atoms with Crippen LogP contribution in [0.15, 0.2) is 24.3 Å². The van der Waals surface area contributed by atoms with E-state index < -0.39 is 6.09 Å². The zero-order valence-electron chi connectivity index (χ0n) is 13.9. The highest BCUT2D eigenvalue weighted by molar-refractivity contribution is 5.98. The molecule has 8 nitrogen and oxygen atoms in total. The first-order valence-corrected chi connectivity index (χ1v) is 7.52. The van der Waals surface area contributed by atoms with Gasteiger partial charge in [0.2, 0.25) is 11.8 Å². The van der Waals surface area contributed by atoms with Gasteiger partial charge in [0.25, 0.3) is 0 Å². The van der Waals surface area contributed by atoms with E-state index in [2.05, 4.69) is 10.1 Å². The van der Waals surface area contributed by atoms with Crippen molar-refractivity contribution in [2.24, 2.45) is 0 Å². The van der Waals surface area contributed by atoms with Crippen LogP contribution in [0.5, 0.6) is 5.75 Å². The molecule has 3 amide bonds. The summed E-state index contributed by atoms with van der Waals surface area (Å²) in [6.07, 6.45) is -0.681. The molecule has 1 aliphatic rings. The summed E-state index contributed by atoms with van der Waals surface area (Å²) in [7, 11) is 2.80. The lowest BCUT2D eigenvalue weighted by Crippen LogP contribution is -2.58. The molecular formula is C16H21N3O5. The Labute approximate surface area is 140 Å². The number of carbonyl (C=O) groups is 3. The molecule has 1 heterocycles. The number of anilines is 1. The maximum Gasteiger partial charge on any atom is 0.407 e. The van der Waals surface area contributed by atoms with Gasteiger partial charge in [-0.05, 0) is 31.2 Å². The Balaban J connectivity index is 2.01. The lowest BCUT2D eigenvalue weighted by Gasteiger charge is -2.39. The van der Waals surface area contributed by atoms with Gasteiger partial charge in [0, 0.05) is 18.3 Å². The molecule has 0 bridgehead atoms. The van der Waals surface area contributed by atoms with Gasteiger partial charge >= 0.3 is 6.09 Å². The fourth-order valence-electron chi connectivity index (χ4n) is 2.52. The molecule has 1 N–H and O–H groups in total. The maximum atomic E-state index is 12.4. The summed E-state index contributed by atoms with van der Waals surface area (Å²) in [5, 5.41) is 2.33. The molecule has 1 fully saturated rings. The molecule has 1 aromatic rings. The van der Waals surface area contributed by atoms with E-state index in [-0.39, 0.29) is 30.9 Å². The van der Waals surface area contributed by atoms with E-state index >= 15 is 0 Å². The third-order valence-corrected chi connectivity index (χ3v) is 3.86. The molecule has 1 aliphatic heterocycles. The van der Waals surface area contributed by atoms with Gasteiger partial charge in [0.15, 0.2) is 0 Å². The number of ether oxygens (including phenoxy) is 2. The van der Waals surface area contributed by atoms with E-state index in [1.807, 2.05) is 6.92 Å². The average Bonchev–Trinajstić information content (AvgIpc) is 2.61. The second-order valence-corrected chi connectivity index (χ2v) is 5.42. The Kier molecular flexibility index (Phi) is 5.62. The van der Waals surface area contributed by atoms with E-state index in [1.165, 1.54) is 12.0 Å². The molecular weight excluding hydrogens is 314 g/mol. The normalized spacial score (nSPS) is 17.5. The van der Waals surface area contributed by atoms with Gasteiger partial charge in [0.1, 0.15) is 18.8 Å². The molecule has 0 aliphatic carbocycles. The quantitative estimate of drug-likeness (QED) is 0.871. The van der Waals surface area contributed by atoms with Gasteiger partial charge in [0.05, 0.1) is 14.2 Å². The Morgan fingerprint density at radius 3 is 2.50 bits per heavy atom. The number of methoxy groups -OCH3 is 2. The minimum absolute atomic E-state index is 0.0329. The second kappa shape index (κ2) is 7.67. The highest BCUT2D eigenvalue weighted by Crippen LogP contribution is 2.23. The van der Waals surface area contributed by atoms with E-state index in [0.717, 1.165) is 5.69 Å². The zero-order chi connectivity index (χ0) is 17.7. The smallest absolute Gasteiger partial charge is 0.407 e. The van der Waals surface area contributed by atoms with E-state index in [0.29, 0.717) is 12.3 Å². The molecule has 0 aromatic heterocycles. The van der Waals surface area contributed by atoms with Crippen LogP contribution >= 0.6 is 0 Å². The van der Waals surface area contributed by atoms with Crippen LogP contribution in [0.2, 0.25) is 0 Å². The maximum absolute atomic E-state index is 12.4. The van der Waals surface area contributed by atoms with Crippen molar-refractivity contribution in [1.29, 1.82) is 0 Å². The Hall–Kier alpha value is -2.77. The number of benzene rings is 1. The highest BCUT2D eigenvalue weighted by Gasteiger charge is 2.33. The van der Waals surface area contributed by atoms with Gasteiger partial charge < -0.3 is 24.6 Å². The number of nitrogens with one attached hydrogen (secondary N) is 1. The predicted octanol–water partition coefficient (Wildman–Crippen LogP) is 0.615. The number of alkyl carbamates (subject to hydrolysis) is 1. The van der Waals surface area contributed by atoms with Gasteiger partial charge in [-0.1, -0.05) is 0 Å². The topological polar surface area (TPSA) is 88.2 Å². The van der Waals surface area contributed by atoms with Crippen molar-refractivity contribution in [3.05, 3.63) is 24.3 Å². The van der Waals surface area contributed by atoms with Crippen molar-refractivity contribution in [2.75, 3.05) is 38.8 Å². The van der Waals surface area contributed by atoms with Crippen molar-refractivity contribution >= 4 is 23.6 Å². The monoisotopic (exact) mass is 335 g/mol. The SMILES string of the molecule is COC(=O)NCC(=O)N1CC(=O)N(c2ccc(OC)cc2)C[C@@H]1C. The first kappa shape index (κ1) is 17.6. The predicted molar refractivity (Wildman–Crippen MR) is 86.9 cm³/mol. The summed E-state index contributed by atoms with van der Waals surface area (Å²) in [6, 6.07) is 7.01. The molecule has 1 saturated heterocycles. The molecule has 24 heavy (non-hydrogen) atoms. The Morgan fingerprint density at radius 1 is 1.25 bits per heavy atom. The molecule has 1 aromatic carbocycles. The zero-order valence-corrected chi connectivity index (χ0v) is 13.9. The first-order chi connectivity index (χ1) is 11.5. The fourth-order valence-corrected chi connectivity index (χ4v) is 2.52. The number of piperazine rings is 1. The van der Waals surface area contributed by atoms with Crippen LogP contribution in [0.3, 0.4) is 0 Å². The summed E-state index contributed by atoms with van der Waals surface area (Å²) in [4.78, 5) is 38.7. The van der Waals surface area contributed by atoms with Crippen LogP contribution in [0.4, 0.5) is 10.5 Å². The molecule has 2 rings (SSSR count). The summed E-state index contributed by atoms with van der Waals surface area (Å²) in [5.41, 5.74) is 0.757. The van der Waals surface area contributed by atoms with Crippen molar-refractivity contribution in [1.82, 2.24) is 10.2 Å². The molecule has 1 atom stereocenters. The van der Waals surface area contributed by atoms with Crippen LogP contribution in [0.1, 0.15) is 6.92 Å². The van der Waals surface area contributed by atoms with Crippen molar-refractivity contribution in [2.45, 2.75) is 13.0 Å². The summed E-state index contributed by atoms with van der Waals surface area (Å²) >= 11 is 0. The number of nitrogens with zero attached hydrogens (tertiary/aromatic N) is 2. The number of hydrogen-bond donors (Lipinski definition) is 1. The highest BCUT2D eigenvalue weighted by atomic mass is 16.5. The number of rotatable bonds is 4. The molecule has 8 heteroatoms. The third-order valence-electron chi connectivity index (χ3n) is 3.86. The van der Waals surface area contributed by atoms with E-state index in [4.69, 9.17) is 4.74 Å². The van der Waals surface area contributed by atoms with Crippen molar-refractivity contribution in [3.8, 4) is 5.75 Å². The largest absolute Gasteiger partial charge is 0.497 e. The van der Waals surface area contributed by atoms with Crippen LogP contribution in [0, 0.1) is 0 Å². The van der Waals surface area contributed by atoms with Gasteiger partial charge in [-0.2, -0.15) is 0 Å². The molecule has 0 saturated carbocycles. The standard InChI is InChI=1S/C16H21N3O5/c1-11-9-19(12-4-6-13(23-2)7-5-12)15(21)10-18(11)14(20)8-17-16(22)24-3/h4-7,11H,8-10H2,1-3H3,(H,17,22)/t11-/m0/s1.